The van der Waals surface area contributed by atoms with Gasteiger partial charge < -0.3 is 14.2 Å². The van der Waals surface area contributed by atoms with Gasteiger partial charge in [-0.1, -0.05) is 26.8 Å². The van der Waals surface area contributed by atoms with Gasteiger partial charge in [0.25, 0.3) is 0 Å². The number of hydrogen-bond donors (Lipinski definition) is 0. The van der Waals surface area contributed by atoms with Crippen LogP contribution in [-0.2, 0) is 25.5 Å². The molecule has 0 radical (unpaired) electrons. The number of esters is 2. The molecule has 0 amide bonds. The highest BCUT2D eigenvalue weighted by atomic mass is 16.6. The summed E-state index contributed by atoms with van der Waals surface area (Å²) < 4.78 is 18.1. The molecule has 5 nitrogen and oxygen atoms in total. The molecule has 5 rings (SSSR count). The van der Waals surface area contributed by atoms with Gasteiger partial charge in [0.05, 0.1) is 6.10 Å². The molecule has 1 aromatic carbocycles. The second-order valence-corrected chi connectivity index (χ2v) is 11.2. The monoisotopic (exact) mass is 468 g/mol. The Morgan fingerprint density at radius 1 is 1.00 bits per heavy atom. The first-order chi connectivity index (χ1) is 16.4. The highest BCUT2D eigenvalue weighted by Gasteiger charge is 2.61. The van der Waals surface area contributed by atoms with Gasteiger partial charge in [0.1, 0.15) is 18.0 Å². The Morgan fingerprint density at radius 2 is 1.74 bits per heavy atom. The van der Waals surface area contributed by atoms with E-state index in [4.69, 9.17) is 14.2 Å². The lowest BCUT2D eigenvalue weighted by molar-refractivity contribution is -0.173. The third-order valence-electron chi connectivity index (χ3n) is 9.33. The Hall–Kier alpha value is -2.04. The number of benzene rings is 1. The molecule has 0 spiro atoms. The van der Waals surface area contributed by atoms with Gasteiger partial charge in [-0.05, 0) is 98.8 Å². The molecule has 0 aromatic heterocycles. The van der Waals surface area contributed by atoms with Crippen molar-refractivity contribution in [1.82, 2.24) is 0 Å². The fourth-order valence-electron chi connectivity index (χ4n) is 7.57. The van der Waals surface area contributed by atoms with Gasteiger partial charge in [-0.25, -0.2) is 0 Å². The predicted octanol–water partition coefficient (Wildman–Crippen LogP) is 6.12. The Bertz CT molecular complexity index is 919. The van der Waals surface area contributed by atoms with Crippen LogP contribution in [0.4, 0.5) is 0 Å². The maximum Gasteiger partial charge on any atom is 0.305 e. The first kappa shape index (κ1) is 23.7. The molecule has 34 heavy (non-hydrogen) atoms. The van der Waals surface area contributed by atoms with E-state index in [2.05, 4.69) is 25.1 Å². The van der Waals surface area contributed by atoms with Crippen LogP contribution in [0.2, 0.25) is 0 Å². The number of ether oxygens (including phenoxy) is 3. The average molecular weight is 469 g/mol. The minimum atomic E-state index is -0.343. The number of aryl methyl sites for hydroxylation is 1. The molecular weight excluding hydrogens is 428 g/mol. The summed E-state index contributed by atoms with van der Waals surface area (Å²) in [6, 6.07) is 6.79. The zero-order valence-electron chi connectivity index (χ0n) is 21.0. The molecule has 0 bridgehead atoms. The largest absolute Gasteiger partial charge is 0.490 e. The molecule has 3 fully saturated rings. The van der Waals surface area contributed by atoms with Crippen LogP contribution in [-0.4, -0.2) is 30.3 Å². The van der Waals surface area contributed by atoms with Crippen LogP contribution in [0.1, 0.15) is 102 Å². The summed E-state index contributed by atoms with van der Waals surface area (Å²) in [4.78, 5) is 24.5. The van der Waals surface area contributed by atoms with Gasteiger partial charge in [0, 0.05) is 18.3 Å². The van der Waals surface area contributed by atoms with Crippen molar-refractivity contribution in [2.45, 2.75) is 116 Å². The summed E-state index contributed by atoms with van der Waals surface area (Å²) in [5.41, 5.74) is 2.78. The van der Waals surface area contributed by atoms with E-state index in [1.165, 1.54) is 36.8 Å². The van der Waals surface area contributed by atoms with Crippen molar-refractivity contribution >= 4 is 11.9 Å². The van der Waals surface area contributed by atoms with Crippen LogP contribution >= 0.6 is 0 Å². The molecule has 0 unspecified atom stereocenters. The molecule has 6 atom stereocenters. The van der Waals surface area contributed by atoms with Crippen molar-refractivity contribution in [3.8, 4) is 5.75 Å². The van der Waals surface area contributed by atoms with Gasteiger partial charge >= 0.3 is 11.9 Å². The summed E-state index contributed by atoms with van der Waals surface area (Å²) in [6.07, 6.45) is 10.4. The summed E-state index contributed by atoms with van der Waals surface area (Å²) >= 11 is 0. The second-order valence-electron chi connectivity index (χ2n) is 11.2. The molecule has 0 heterocycles. The molecule has 0 N–H and O–H groups in total. The third-order valence-corrected chi connectivity index (χ3v) is 9.33. The van der Waals surface area contributed by atoms with Gasteiger partial charge in [0.2, 0.25) is 0 Å². The number of rotatable bonds is 6. The van der Waals surface area contributed by atoms with Crippen molar-refractivity contribution < 1.29 is 23.8 Å². The van der Waals surface area contributed by atoms with Gasteiger partial charge in [0.15, 0.2) is 0 Å². The smallest absolute Gasteiger partial charge is 0.305 e. The zero-order chi connectivity index (χ0) is 23.9. The molecule has 186 valence electrons. The van der Waals surface area contributed by atoms with Crippen molar-refractivity contribution in [2.75, 3.05) is 0 Å². The fourth-order valence-corrected chi connectivity index (χ4v) is 7.57. The van der Waals surface area contributed by atoms with E-state index in [0.29, 0.717) is 36.7 Å². The van der Waals surface area contributed by atoms with E-state index >= 15 is 0 Å². The number of hydrogen-bond acceptors (Lipinski definition) is 5. The SMILES string of the molecule is CCC(=O)O[C@@H]1[C@H](OC(=O)CC)C[C@H]2[C@@H]3CCc4cc(OC5CCCC5)ccc4[C@H]3CC[C@]12C. The third kappa shape index (κ3) is 4.24. The Morgan fingerprint density at radius 3 is 2.47 bits per heavy atom. The lowest BCUT2D eigenvalue weighted by Crippen LogP contribution is -2.47. The topological polar surface area (TPSA) is 61.8 Å². The minimum absolute atomic E-state index is 0.145. The zero-order valence-corrected chi connectivity index (χ0v) is 21.0. The minimum Gasteiger partial charge on any atom is -0.490 e. The molecular formula is C29H40O5. The first-order valence-corrected chi connectivity index (χ1v) is 13.6. The van der Waals surface area contributed by atoms with Crippen molar-refractivity contribution in [1.29, 1.82) is 0 Å². The fraction of sp³-hybridized carbons (Fsp3) is 0.724. The number of carbonyl (C=O) groups excluding carboxylic acids is 2. The normalized spacial score (nSPS) is 34.6. The molecule has 0 aliphatic heterocycles. The van der Waals surface area contributed by atoms with E-state index in [9.17, 15) is 9.59 Å². The summed E-state index contributed by atoms with van der Waals surface area (Å²) in [7, 11) is 0. The molecule has 1 aromatic rings. The summed E-state index contributed by atoms with van der Waals surface area (Å²) in [6.45, 7) is 5.91. The van der Waals surface area contributed by atoms with Crippen LogP contribution in [0.5, 0.6) is 5.75 Å². The summed E-state index contributed by atoms with van der Waals surface area (Å²) in [5, 5.41) is 0. The van der Waals surface area contributed by atoms with Crippen LogP contribution in [0.25, 0.3) is 0 Å². The lowest BCUT2D eigenvalue weighted by Gasteiger charge is -2.50. The van der Waals surface area contributed by atoms with E-state index in [1.807, 2.05) is 13.8 Å². The molecule has 4 aliphatic carbocycles. The van der Waals surface area contributed by atoms with Crippen LogP contribution in [0.3, 0.4) is 0 Å². The van der Waals surface area contributed by atoms with E-state index < -0.39 is 0 Å². The van der Waals surface area contributed by atoms with Gasteiger partial charge in [-0.15, -0.1) is 0 Å². The maximum atomic E-state index is 12.3. The van der Waals surface area contributed by atoms with Crippen LogP contribution < -0.4 is 4.74 Å². The van der Waals surface area contributed by atoms with Crippen LogP contribution in [0, 0.1) is 17.3 Å². The Labute approximate surface area is 203 Å². The van der Waals surface area contributed by atoms with E-state index in [-0.39, 0.29) is 29.6 Å². The predicted molar refractivity (Wildman–Crippen MR) is 130 cm³/mol. The van der Waals surface area contributed by atoms with Crippen LogP contribution in [0.15, 0.2) is 18.2 Å². The van der Waals surface area contributed by atoms with Gasteiger partial charge in [-0.3, -0.25) is 9.59 Å². The Kier molecular flexibility index (Phi) is 6.65. The summed E-state index contributed by atoms with van der Waals surface area (Å²) in [5.74, 6) is 2.06. The lowest BCUT2D eigenvalue weighted by atomic mass is 9.55. The second kappa shape index (κ2) is 9.54. The Balaban J connectivity index is 1.37. The number of fused-ring (bicyclic) bond motifs is 5. The van der Waals surface area contributed by atoms with Crippen molar-refractivity contribution in [3.05, 3.63) is 29.3 Å². The molecule has 5 heteroatoms. The first-order valence-electron chi connectivity index (χ1n) is 13.6. The van der Waals surface area contributed by atoms with Crippen molar-refractivity contribution in [3.63, 3.8) is 0 Å². The highest BCUT2D eigenvalue weighted by Crippen LogP contribution is 2.62. The molecule has 0 saturated heterocycles. The van der Waals surface area contributed by atoms with Crippen molar-refractivity contribution in [2.24, 2.45) is 17.3 Å². The van der Waals surface area contributed by atoms with E-state index in [0.717, 1.165) is 37.9 Å². The van der Waals surface area contributed by atoms with Gasteiger partial charge in [-0.2, -0.15) is 0 Å². The maximum absolute atomic E-state index is 12.3. The highest BCUT2D eigenvalue weighted by molar-refractivity contribution is 5.70. The standard InChI is InChI=1S/C29H40O5/c1-4-26(30)33-25-17-24-23-12-10-18-16-20(32-19-8-6-7-9-19)11-13-21(18)22(23)14-15-29(24,3)28(25)34-27(31)5-2/h11,13,16,19,22-25,28H,4-10,12,14-15,17H2,1-3H3/t22-,23-,24+,25-,28-,29+/m1/s1. The quantitative estimate of drug-likeness (QED) is 0.471. The number of carbonyl (C=O) groups is 2. The molecule has 3 saturated carbocycles. The average Bonchev–Trinajstić information content (AvgIpc) is 3.44. The van der Waals surface area contributed by atoms with E-state index in [1.54, 1.807) is 0 Å². The molecule has 4 aliphatic rings.